The van der Waals surface area contributed by atoms with E-state index in [1.807, 2.05) is 0 Å². The van der Waals surface area contributed by atoms with Gasteiger partial charge in [0.2, 0.25) is 0 Å². The van der Waals surface area contributed by atoms with Crippen LogP contribution in [-0.4, -0.2) is 33.8 Å². The predicted molar refractivity (Wildman–Crippen MR) is 74.3 cm³/mol. The maximum absolute atomic E-state index is 6.13. The van der Waals surface area contributed by atoms with Gasteiger partial charge in [-0.3, -0.25) is 9.58 Å². The molecule has 18 heavy (non-hydrogen) atoms. The highest BCUT2D eigenvalue weighted by atomic mass is 15.3. The molecule has 1 aliphatic heterocycles. The van der Waals surface area contributed by atoms with Gasteiger partial charge in [-0.25, -0.2) is 0 Å². The van der Waals surface area contributed by atoms with Gasteiger partial charge in [-0.15, -0.1) is 0 Å². The molecule has 0 aliphatic carbocycles. The molecule has 0 bridgehead atoms. The minimum Gasteiger partial charge on any atom is -0.326 e. The first-order valence-electron chi connectivity index (χ1n) is 7.12. The Balaban J connectivity index is 1.91. The van der Waals surface area contributed by atoms with Crippen LogP contribution < -0.4 is 5.73 Å². The van der Waals surface area contributed by atoms with Crippen molar-refractivity contribution in [1.82, 2.24) is 14.7 Å². The van der Waals surface area contributed by atoms with Gasteiger partial charge in [-0.05, 0) is 38.3 Å². The number of hydrogen-bond acceptors (Lipinski definition) is 3. The molecule has 2 N–H and O–H groups in total. The molecule has 0 aromatic carbocycles. The van der Waals surface area contributed by atoms with Crippen LogP contribution in [0.25, 0.3) is 0 Å². The molecule has 2 heterocycles. The quantitative estimate of drug-likeness (QED) is 0.889. The van der Waals surface area contributed by atoms with E-state index in [2.05, 4.69) is 47.7 Å². The van der Waals surface area contributed by atoms with Crippen LogP contribution in [0.15, 0.2) is 12.3 Å². The Morgan fingerprint density at radius 3 is 3.00 bits per heavy atom. The van der Waals surface area contributed by atoms with Gasteiger partial charge in [-0.1, -0.05) is 13.8 Å². The molecular weight excluding hydrogens is 224 g/mol. The monoisotopic (exact) mass is 250 g/mol. The van der Waals surface area contributed by atoms with Crippen LogP contribution in [0.5, 0.6) is 0 Å². The fourth-order valence-corrected chi connectivity index (χ4v) is 2.44. The molecule has 0 amide bonds. The first-order chi connectivity index (χ1) is 8.60. The van der Waals surface area contributed by atoms with Crippen molar-refractivity contribution in [2.24, 2.45) is 11.7 Å². The van der Waals surface area contributed by atoms with Crippen LogP contribution in [0.2, 0.25) is 0 Å². The minimum atomic E-state index is 0.315. The van der Waals surface area contributed by atoms with Crippen molar-refractivity contribution < 1.29 is 0 Å². The number of rotatable bonds is 4. The molecule has 0 radical (unpaired) electrons. The Labute approximate surface area is 110 Å². The van der Waals surface area contributed by atoms with E-state index in [1.54, 1.807) is 0 Å². The highest BCUT2D eigenvalue weighted by Crippen LogP contribution is 2.17. The Morgan fingerprint density at radius 2 is 2.33 bits per heavy atom. The maximum Gasteiger partial charge on any atom is 0.0764 e. The van der Waals surface area contributed by atoms with Crippen molar-refractivity contribution in [1.29, 1.82) is 0 Å². The lowest BCUT2D eigenvalue weighted by molar-refractivity contribution is 0.160. The van der Waals surface area contributed by atoms with Gasteiger partial charge in [0.15, 0.2) is 0 Å². The normalized spacial score (nSPS) is 27.3. The van der Waals surface area contributed by atoms with Gasteiger partial charge < -0.3 is 5.73 Å². The standard InChI is InChI=1S/C14H26N4/c1-4-12(3)18-8-6-13(16-18)9-17-7-5-11(2)14(15)10-17/h6,8,11-12,14H,4-5,7,9-10,15H2,1-3H3. The Morgan fingerprint density at radius 1 is 1.56 bits per heavy atom. The molecular formula is C14H26N4. The third-order valence-electron chi connectivity index (χ3n) is 4.19. The summed E-state index contributed by atoms with van der Waals surface area (Å²) in [6.07, 6.45) is 4.41. The van der Waals surface area contributed by atoms with Gasteiger partial charge in [0.25, 0.3) is 0 Å². The lowest BCUT2D eigenvalue weighted by Crippen LogP contribution is -2.47. The van der Waals surface area contributed by atoms with Gasteiger partial charge >= 0.3 is 0 Å². The summed E-state index contributed by atoms with van der Waals surface area (Å²) < 4.78 is 2.07. The lowest BCUT2D eigenvalue weighted by Gasteiger charge is -2.34. The second-order valence-electron chi connectivity index (χ2n) is 5.71. The number of likely N-dealkylation sites (tertiary alicyclic amines) is 1. The molecule has 1 aromatic heterocycles. The number of piperidine rings is 1. The summed E-state index contributed by atoms with van der Waals surface area (Å²) in [5, 5.41) is 4.65. The van der Waals surface area contributed by atoms with Gasteiger partial charge in [0, 0.05) is 31.4 Å². The first-order valence-corrected chi connectivity index (χ1v) is 7.12. The van der Waals surface area contributed by atoms with Crippen molar-refractivity contribution in [2.75, 3.05) is 13.1 Å². The summed E-state index contributed by atoms with van der Waals surface area (Å²) in [5.41, 5.74) is 7.29. The average Bonchev–Trinajstić information content (AvgIpc) is 2.81. The summed E-state index contributed by atoms with van der Waals surface area (Å²) in [6.45, 7) is 9.72. The predicted octanol–water partition coefficient (Wildman–Crippen LogP) is 2.02. The topological polar surface area (TPSA) is 47.1 Å². The molecule has 3 atom stereocenters. The Kier molecular flexibility index (Phi) is 4.40. The smallest absolute Gasteiger partial charge is 0.0764 e. The van der Waals surface area contributed by atoms with E-state index in [4.69, 9.17) is 5.73 Å². The maximum atomic E-state index is 6.13. The summed E-state index contributed by atoms with van der Waals surface area (Å²) in [5.74, 6) is 0.652. The van der Waals surface area contributed by atoms with E-state index in [0.717, 1.165) is 31.7 Å². The van der Waals surface area contributed by atoms with E-state index in [-0.39, 0.29) is 0 Å². The lowest BCUT2D eigenvalue weighted by atomic mass is 9.94. The third-order valence-corrected chi connectivity index (χ3v) is 4.19. The summed E-state index contributed by atoms with van der Waals surface area (Å²) >= 11 is 0. The van der Waals surface area contributed by atoms with E-state index in [1.165, 1.54) is 6.42 Å². The van der Waals surface area contributed by atoms with Crippen molar-refractivity contribution in [3.05, 3.63) is 18.0 Å². The fraction of sp³-hybridized carbons (Fsp3) is 0.786. The van der Waals surface area contributed by atoms with Crippen molar-refractivity contribution in [3.63, 3.8) is 0 Å². The van der Waals surface area contributed by atoms with E-state index < -0.39 is 0 Å². The molecule has 4 nitrogen and oxygen atoms in total. The van der Waals surface area contributed by atoms with Gasteiger partial charge in [-0.2, -0.15) is 5.10 Å². The molecule has 0 saturated carbocycles. The minimum absolute atomic E-state index is 0.315. The number of nitrogens with two attached hydrogens (primary N) is 1. The van der Waals surface area contributed by atoms with E-state index in [9.17, 15) is 0 Å². The molecule has 1 fully saturated rings. The zero-order valence-corrected chi connectivity index (χ0v) is 11.8. The fourth-order valence-electron chi connectivity index (χ4n) is 2.44. The molecule has 0 spiro atoms. The molecule has 3 unspecified atom stereocenters. The van der Waals surface area contributed by atoms with Crippen molar-refractivity contribution >= 4 is 0 Å². The van der Waals surface area contributed by atoms with Gasteiger partial charge in [0.1, 0.15) is 0 Å². The molecule has 1 aliphatic rings. The highest BCUT2D eigenvalue weighted by molar-refractivity contribution is 5.00. The summed E-state index contributed by atoms with van der Waals surface area (Å²) in [7, 11) is 0. The largest absolute Gasteiger partial charge is 0.326 e. The average molecular weight is 250 g/mol. The molecule has 1 saturated heterocycles. The number of nitrogens with zero attached hydrogens (tertiary/aromatic N) is 3. The molecule has 1 aromatic rings. The molecule has 2 rings (SSSR count). The van der Waals surface area contributed by atoms with Crippen molar-refractivity contribution in [3.8, 4) is 0 Å². The van der Waals surface area contributed by atoms with Crippen LogP contribution in [0.3, 0.4) is 0 Å². The van der Waals surface area contributed by atoms with Crippen LogP contribution >= 0.6 is 0 Å². The Bertz CT molecular complexity index is 374. The van der Waals surface area contributed by atoms with Crippen LogP contribution in [0.4, 0.5) is 0 Å². The summed E-state index contributed by atoms with van der Waals surface area (Å²) in [6, 6.07) is 2.94. The Hall–Kier alpha value is -0.870. The van der Waals surface area contributed by atoms with Crippen molar-refractivity contribution in [2.45, 2.75) is 52.2 Å². The SMILES string of the molecule is CCC(C)n1ccc(CN2CCC(C)C(N)C2)n1. The third kappa shape index (κ3) is 3.12. The van der Waals surface area contributed by atoms with E-state index in [0.29, 0.717) is 18.0 Å². The zero-order chi connectivity index (χ0) is 13.1. The van der Waals surface area contributed by atoms with Crippen LogP contribution in [-0.2, 0) is 6.54 Å². The summed E-state index contributed by atoms with van der Waals surface area (Å²) in [4.78, 5) is 2.42. The van der Waals surface area contributed by atoms with Crippen LogP contribution in [0, 0.1) is 5.92 Å². The first kappa shape index (κ1) is 13.6. The second kappa shape index (κ2) is 5.85. The number of aromatic nitrogens is 2. The van der Waals surface area contributed by atoms with E-state index >= 15 is 0 Å². The van der Waals surface area contributed by atoms with Gasteiger partial charge in [0.05, 0.1) is 5.69 Å². The van der Waals surface area contributed by atoms with Crippen LogP contribution in [0.1, 0.15) is 45.3 Å². The molecule has 4 heteroatoms. The second-order valence-corrected chi connectivity index (χ2v) is 5.71. The zero-order valence-electron chi connectivity index (χ0n) is 11.8. The molecule has 102 valence electrons. The number of hydrogen-bond donors (Lipinski definition) is 1. The highest BCUT2D eigenvalue weighted by Gasteiger charge is 2.23.